The Kier molecular flexibility index (Phi) is 3.38. The molecule has 10 heteroatoms. The summed E-state index contributed by atoms with van der Waals surface area (Å²) in [7, 11) is -4.50. The average molecular weight is 267 g/mol. The molecule has 1 rings (SSSR count). The largest absolute Gasteiger partial charge is 0.300 e. The third-order valence-electron chi connectivity index (χ3n) is 1.95. The zero-order valence-electron chi connectivity index (χ0n) is 8.42. The Morgan fingerprint density at radius 1 is 1.53 bits per heavy atom. The van der Waals surface area contributed by atoms with Gasteiger partial charge in [0, 0.05) is 6.20 Å². The van der Waals surface area contributed by atoms with Crippen LogP contribution in [0, 0.1) is 17.0 Å². The van der Waals surface area contributed by atoms with E-state index in [0.717, 1.165) is 6.92 Å². The van der Waals surface area contributed by atoms with Crippen molar-refractivity contribution in [3.63, 3.8) is 0 Å². The molecule has 1 heterocycles. The second kappa shape index (κ2) is 4.30. The number of pyridine rings is 1. The number of aromatic nitrogens is 1. The van der Waals surface area contributed by atoms with Crippen molar-refractivity contribution < 1.29 is 22.1 Å². The number of aryl methyl sites for hydroxylation is 1. The van der Waals surface area contributed by atoms with Crippen molar-refractivity contribution in [1.29, 1.82) is 0 Å². The number of hydrogen-bond acceptors (Lipinski definition) is 5. The zero-order valence-corrected chi connectivity index (χ0v) is 9.24. The number of nitro groups is 1. The van der Waals surface area contributed by atoms with Crippen LogP contribution in [0.1, 0.15) is 17.7 Å². The lowest BCUT2D eigenvalue weighted by Crippen LogP contribution is -2.17. The molecule has 0 aromatic carbocycles. The smallest absolute Gasteiger partial charge is 0.258 e. The van der Waals surface area contributed by atoms with Crippen molar-refractivity contribution >= 4 is 15.7 Å². The van der Waals surface area contributed by atoms with Gasteiger partial charge in [-0.2, -0.15) is 0 Å². The van der Waals surface area contributed by atoms with Crippen molar-refractivity contribution in [2.24, 2.45) is 5.14 Å². The van der Waals surface area contributed by atoms with Gasteiger partial charge in [-0.1, -0.05) is 0 Å². The van der Waals surface area contributed by atoms with Crippen LogP contribution in [-0.4, -0.2) is 18.3 Å². The van der Waals surface area contributed by atoms with Crippen molar-refractivity contribution in [2.45, 2.75) is 18.2 Å². The molecule has 0 spiro atoms. The third kappa shape index (κ3) is 2.53. The van der Waals surface area contributed by atoms with Crippen LogP contribution in [0.15, 0.2) is 11.1 Å². The van der Waals surface area contributed by atoms with Crippen LogP contribution in [0.25, 0.3) is 0 Å². The second-order valence-corrected chi connectivity index (χ2v) is 4.60. The van der Waals surface area contributed by atoms with Crippen molar-refractivity contribution in [2.75, 3.05) is 0 Å². The van der Waals surface area contributed by atoms with Gasteiger partial charge in [0.2, 0.25) is 10.0 Å². The first kappa shape index (κ1) is 13.4. The fourth-order valence-electron chi connectivity index (χ4n) is 1.27. The van der Waals surface area contributed by atoms with Gasteiger partial charge in [-0.05, 0) is 6.92 Å². The van der Waals surface area contributed by atoms with Crippen LogP contribution in [-0.2, 0) is 10.0 Å². The van der Waals surface area contributed by atoms with Crippen molar-refractivity contribution in [1.82, 2.24) is 4.98 Å². The van der Waals surface area contributed by atoms with E-state index in [4.69, 9.17) is 5.14 Å². The lowest BCUT2D eigenvalue weighted by atomic mass is 10.2. The summed E-state index contributed by atoms with van der Waals surface area (Å²) in [4.78, 5) is 11.8. The van der Waals surface area contributed by atoms with Crippen LogP contribution in [0.3, 0.4) is 0 Å². The number of nitrogens with zero attached hydrogens (tertiary/aromatic N) is 2. The van der Waals surface area contributed by atoms with Gasteiger partial charge in [0.1, 0.15) is 16.2 Å². The summed E-state index contributed by atoms with van der Waals surface area (Å²) in [5, 5.41) is 15.3. The van der Waals surface area contributed by atoms with E-state index in [1.807, 2.05) is 0 Å². The zero-order chi connectivity index (χ0) is 13.4. The van der Waals surface area contributed by atoms with Crippen LogP contribution >= 0.6 is 0 Å². The number of rotatable bonds is 3. The Hall–Kier alpha value is -1.68. The molecular weight excluding hydrogens is 260 g/mol. The molecule has 0 saturated heterocycles. The van der Waals surface area contributed by atoms with E-state index in [2.05, 4.69) is 4.98 Å². The summed E-state index contributed by atoms with van der Waals surface area (Å²) in [5.41, 5.74) is -2.57. The molecule has 0 fully saturated rings. The molecule has 1 aromatic rings. The molecule has 17 heavy (non-hydrogen) atoms. The molecule has 0 saturated carbocycles. The maximum atomic E-state index is 12.7. The molecule has 0 aliphatic rings. The monoisotopic (exact) mass is 267 g/mol. The number of primary sulfonamides is 1. The predicted octanol–water partition coefficient (Wildman–Crippen LogP) is 0.883. The molecule has 0 atom stereocenters. The molecule has 0 unspecified atom stereocenters. The van der Waals surface area contributed by atoms with Gasteiger partial charge >= 0.3 is 5.69 Å². The lowest BCUT2D eigenvalue weighted by Gasteiger charge is -2.08. The van der Waals surface area contributed by atoms with E-state index in [1.165, 1.54) is 0 Å². The molecule has 0 aliphatic carbocycles. The number of nitrogens with two attached hydrogens (primary N) is 1. The van der Waals surface area contributed by atoms with E-state index in [0.29, 0.717) is 6.20 Å². The van der Waals surface area contributed by atoms with Crippen LogP contribution in [0.2, 0.25) is 0 Å². The van der Waals surface area contributed by atoms with E-state index in [-0.39, 0.29) is 5.69 Å². The molecule has 1 aromatic heterocycles. The van der Waals surface area contributed by atoms with E-state index in [9.17, 15) is 27.3 Å². The van der Waals surface area contributed by atoms with Gasteiger partial charge in [-0.3, -0.25) is 15.1 Å². The van der Waals surface area contributed by atoms with Gasteiger partial charge in [-0.25, -0.2) is 22.3 Å². The first-order chi connectivity index (χ1) is 7.66. The Labute approximate surface area is 94.5 Å². The average Bonchev–Trinajstić information content (AvgIpc) is 2.14. The van der Waals surface area contributed by atoms with Gasteiger partial charge in [0.05, 0.1) is 4.92 Å². The summed E-state index contributed by atoms with van der Waals surface area (Å²) in [5.74, 6) is 0. The number of alkyl halides is 2. The minimum atomic E-state index is -4.50. The highest BCUT2D eigenvalue weighted by molar-refractivity contribution is 7.89. The van der Waals surface area contributed by atoms with E-state index in [1.54, 1.807) is 0 Å². The molecular formula is C7H7F2N3O4S. The Morgan fingerprint density at radius 2 is 2.06 bits per heavy atom. The normalized spacial score (nSPS) is 11.8. The van der Waals surface area contributed by atoms with Gasteiger partial charge in [-0.15, -0.1) is 0 Å². The van der Waals surface area contributed by atoms with Gasteiger partial charge in [0.15, 0.2) is 0 Å². The van der Waals surface area contributed by atoms with E-state index < -0.39 is 37.5 Å². The minimum Gasteiger partial charge on any atom is -0.258 e. The van der Waals surface area contributed by atoms with Crippen LogP contribution < -0.4 is 5.14 Å². The first-order valence-corrected chi connectivity index (χ1v) is 5.65. The molecule has 0 aliphatic heterocycles. The Balaban J connectivity index is 3.78. The summed E-state index contributed by atoms with van der Waals surface area (Å²) in [6.07, 6.45) is -2.76. The second-order valence-electron chi connectivity index (χ2n) is 3.07. The first-order valence-electron chi connectivity index (χ1n) is 4.11. The SMILES string of the molecule is Cc1ncc(S(N)(=O)=O)c(C(F)F)c1[N+](=O)[O-]. The summed E-state index contributed by atoms with van der Waals surface area (Å²) < 4.78 is 47.5. The van der Waals surface area contributed by atoms with Crippen LogP contribution in [0.5, 0.6) is 0 Å². The molecule has 2 N–H and O–H groups in total. The minimum absolute atomic E-state index is 0.308. The third-order valence-corrected chi connectivity index (χ3v) is 2.88. The topological polar surface area (TPSA) is 116 Å². The fourth-order valence-corrected chi connectivity index (χ4v) is 1.96. The summed E-state index contributed by atoms with van der Waals surface area (Å²) in [6, 6.07) is 0. The molecule has 0 bridgehead atoms. The standard InChI is InChI=1S/C7H7F2N3O4S/c1-3-6(12(13)14)5(7(8)9)4(2-11-3)17(10,15)16/h2,7H,1H3,(H2,10,15,16). The highest BCUT2D eigenvalue weighted by atomic mass is 32.2. The lowest BCUT2D eigenvalue weighted by molar-refractivity contribution is -0.387. The van der Waals surface area contributed by atoms with E-state index >= 15 is 0 Å². The molecule has 0 radical (unpaired) electrons. The molecule has 94 valence electrons. The van der Waals surface area contributed by atoms with Gasteiger partial charge < -0.3 is 0 Å². The van der Waals surface area contributed by atoms with Gasteiger partial charge in [0.25, 0.3) is 6.43 Å². The molecule has 0 amide bonds. The Morgan fingerprint density at radius 3 is 2.41 bits per heavy atom. The fraction of sp³-hybridized carbons (Fsp3) is 0.286. The molecule has 7 nitrogen and oxygen atoms in total. The quantitative estimate of drug-likeness (QED) is 0.644. The Bertz CT molecular complexity index is 573. The highest BCUT2D eigenvalue weighted by Crippen LogP contribution is 2.35. The number of halogens is 2. The predicted molar refractivity (Wildman–Crippen MR) is 52.0 cm³/mol. The maximum Gasteiger partial charge on any atom is 0.300 e. The van der Waals surface area contributed by atoms with Crippen molar-refractivity contribution in [3.8, 4) is 0 Å². The number of sulfonamides is 1. The number of hydrogen-bond donors (Lipinski definition) is 1. The summed E-state index contributed by atoms with van der Waals surface area (Å²) in [6.45, 7) is 1.12. The van der Waals surface area contributed by atoms with Crippen molar-refractivity contribution in [3.05, 3.63) is 27.6 Å². The highest BCUT2D eigenvalue weighted by Gasteiger charge is 2.32. The summed E-state index contributed by atoms with van der Waals surface area (Å²) >= 11 is 0. The van der Waals surface area contributed by atoms with Crippen LogP contribution in [0.4, 0.5) is 14.5 Å². The maximum absolute atomic E-state index is 12.7.